The van der Waals surface area contributed by atoms with Crippen LogP contribution in [-0.4, -0.2) is 19.3 Å². The molecule has 1 aromatic rings. The summed E-state index contributed by atoms with van der Waals surface area (Å²) in [4.78, 5) is 0. The van der Waals surface area contributed by atoms with E-state index in [-0.39, 0.29) is 16.9 Å². The van der Waals surface area contributed by atoms with Gasteiger partial charge in [0.1, 0.15) is 5.82 Å². The molecule has 0 amide bonds. The van der Waals surface area contributed by atoms with Crippen LogP contribution in [0.3, 0.4) is 0 Å². The van der Waals surface area contributed by atoms with Gasteiger partial charge >= 0.3 is 0 Å². The molecule has 2 nitrogen and oxygen atoms in total. The monoisotopic (exact) mass is 285 g/mol. The summed E-state index contributed by atoms with van der Waals surface area (Å²) >= 11 is 5.73. The number of benzene rings is 1. The van der Waals surface area contributed by atoms with Crippen molar-refractivity contribution < 1.29 is 9.13 Å². The number of ether oxygens (including phenoxy) is 1. The number of rotatable bonds is 6. The Hall–Kier alpha value is -0.640. The Kier molecular flexibility index (Phi) is 5.61. The molecule has 19 heavy (non-hydrogen) atoms. The average Bonchev–Trinajstić information content (AvgIpc) is 2.91. The van der Waals surface area contributed by atoms with E-state index < -0.39 is 0 Å². The highest BCUT2D eigenvalue weighted by Crippen LogP contribution is 2.26. The van der Waals surface area contributed by atoms with Gasteiger partial charge in [-0.3, -0.25) is 0 Å². The fourth-order valence-electron chi connectivity index (χ4n) is 2.59. The van der Waals surface area contributed by atoms with Gasteiger partial charge in [0.05, 0.1) is 11.1 Å². The first-order valence-corrected chi connectivity index (χ1v) is 7.38. The van der Waals surface area contributed by atoms with Crippen LogP contribution >= 0.6 is 11.6 Å². The van der Waals surface area contributed by atoms with Gasteiger partial charge in [0.15, 0.2) is 0 Å². The maximum Gasteiger partial charge on any atom is 0.142 e. The van der Waals surface area contributed by atoms with Crippen molar-refractivity contribution in [3.05, 3.63) is 34.6 Å². The second kappa shape index (κ2) is 7.22. The highest BCUT2D eigenvalue weighted by atomic mass is 35.5. The van der Waals surface area contributed by atoms with Crippen molar-refractivity contribution in [3.8, 4) is 0 Å². The highest BCUT2D eigenvalue weighted by Gasteiger charge is 2.19. The molecule has 1 aliphatic rings. The SMILES string of the molecule is CCNC(CCC1CCCO1)c1ccc(Cl)c(F)c1. The van der Waals surface area contributed by atoms with Crippen LogP contribution in [0.5, 0.6) is 0 Å². The third-order valence-corrected chi connectivity index (χ3v) is 3.90. The first-order chi connectivity index (χ1) is 9.20. The molecule has 1 aliphatic heterocycles. The van der Waals surface area contributed by atoms with Crippen LogP contribution in [0.25, 0.3) is 0 Å². The van der Waals surface area contributed by atoms with Crippen molar-refractivity contribution in [1.82, 2.24) is 5.32 Å². The zero-order chi connectivity index (χ0) is 13.7. The number of hydrogen-bond acceptors (Lipinski definition) is 2. The van der Waals surface area contributed by atoms with Crippen molar-refractivity contribution in [1.29, 1.82) is 0 Å². The van der Waals surface area contributed by atoms with Crippen LogP contribution in [0.15, 0.2) is 18.2 Å². The summed E-state index contributed by atoms with van der Waals surface area (Å²) in [6.07, 6.45) is 4.65. The molecule has 0 aliphatic carbocycles. The van der Waals surface area contributed by atoms with Crippen molar-refractivity contribution in [2.45, 2.75) is 44.8 Å². The van der Waals surface area contributed by atoms with Gasteiger partial charge in [0, 0.05) is 12.6 Å². The van der Waals surface area contributed by atoms with E-state index in [4.69, 9.17) is 16.3 Å². The lowest BCUT2D eigenvalue weighted by molar-refractivity contribution is 0.0996. The van der Waals surface area contributed by atoms with E-state index >= 15 is 0 Å². The van der Waals surface area contributed by atoms with Gasteiger partial charge in [0.2, 0.25) is 0 Å². The summed E-state index contributed by atoms with van der Waals surface area (Å²) in [6, 6.07) is 5.23. The fourth-order valence-corrected chi connectivity index (χ4v) is 2.70. The fraction of sp³-hybridized carbons (Fsp3) is 0.600. The smallest absolute Gasteiger partial charge is 0.142 e. The minimum atomic E-state index is -0.348. The largest absolute Gasteiger partial charge is 0.378 e. The topological polar surface area (TPSA) is 21.3 Å². The van der Waals surface area contributed by atoms with Gasteiger partial charge in [-0.2, -0.15) is 0 Å². The average molecular weight is 286 g/mol. The predicted octanol–water partition coefficient (Wildman–Crippen LogP) is 4.09. The molecule has 1 aromatic carbocycles. The molecule has 2 rings (SSSR count). The second-order valence-electron chi connectivity index (χ2n) is 5.00. The molecule has 1 heterocycles. The van der Waals surface area contributed by atoms with E-state index in [1.807, 2.05) is 6.07 Å². The lowest BCUT2D eigenvalue weighted by Crippen LogP contribution is -2.22. The van der Waals surface area contributed by atoms with Gasteiger partial charge in [-0.25, -0.2) is 4.39 Å². The standard InChI is InChI=1S/C15H21ClFNO/c1-2-18-15(8-6-12-4-3-9-19-12)11-5-7-13(16)14(17)10-11/h5,7,10,12,15,18H,2-4,6,8-9H2,1H3. The third kappa shape index (κ3) is 4.16. The van der Waals surface area contributed by atoms with Crippen molar-refractivity contribution in [2.24, 2.45) is 0 Å². The van der Waals surface area contributed by atoms with Gasteiger partial charge in [-0.15, -0.1) is 0 Å². The molecule has 0 bridgehead atoms. The Bertz CT molecular complexity index is 407. The van der Waals surface area contributed by atoms with Crippen LogP contribution in [0.1, 0.15) is 44.2 Å². The Morgan fingerprint density at radius 2 is 2.37 bits per heavy atom. The molecule has 4 heteroatoms. The second-order valence-corrected chi connectivity index (χ2v) is 5.40. The summed E-state index contributed by atoms with van der Waals surface area (Å²) in [6.45, 7) is 3.80. The lowest BCUT2D eigenvalue weighted by Gasteiger charge is -2.20. The quantitative estimate of drug-likeness (QED) is 0.850. The molecule has 0 saturated carbocycles. The molecular formula is C15H21ClFNO. The minimum Gasteiger partial charge on any atom is -0.378 e. The van der Waals surface area contributed by atoms with Crippen molar-refractivity contribution in [2.75, 3.05) is 13.2 Å². The molecule has 106 valence electrons. The van der Waals surface area contributed by atoms with Crippen LogP contribution in [0, 0.1) is 5.82 Å². The number of hydrogen-bond donors (Lipinski definition) is 1. The van der Waals surface area contributed by atoms with Crippen LogP contribution in [0.4, 0.5) is 4.39 Å². The molecule has 0 spiro atoms. The molecule has 2 unspecified atom stereocenters. The molecule has 0 radical (unpaired) electrons. The summed E-state index contributed by atoms with van der Waals surface area (Å²) < 4.78 is 19.2. The first kappa shape index (κ1) is 14.8. The van der Waals surface area contributed by atoms with Gasteiger partial charge in [0.25, 0.3) is 0 Å². The van der Waals surface area contributed by atoms with Gasteiger partial charge < -0.3 is 10.1 Å². The summed E-state index contributed by atoms with van der Waals surface area (Å²) in [5.41, 5.74) is 0.960. The Morgan fingerprint density at radius 1 is 1.53 bits per heavy atom. The van der Waals surface area contributed by atoms with Crippen molar-refractivity contribution >= 4 is 11.6 Å². The van der Waals surface area contributed by atoms with Crippen molar-refractivity contribution in [3.63, 3.8) is 0 Å². The zero-order valence-electron chi connectivity index (χ0n) is 11.3. The third-order valence-electron chi connectivity index (χ3n) is 3.60. The number of nitrogens with one attached hydrogen (secondary N) is 1. The molecular weight excluding hydrogens is 265 g/mol. The zero-order valence-corrected chi connectivity index (χ0v) is 12.0. The lowest BCUT2D eigenvalue weighted by atomic mass is 9.99. The molecule has 1 N–H and O–H groups in total. The summed E-state index contributed by atoms with van der Waals surface area (Å²) in [7, 11) is 0. The molecule has 1 saturated heterocycles. The predicted molar refractivity (Wildman–Crippen MR) is 76.0 cm³/mol. The van der Waals surface area contributed by atoms with Crippen LogP contribution in [0.2, 0.25) is 5.02 Å². The Morgan fingerprint density at radius 3 is 3.00 bits per heavy atom. The maximum absolute atomic E-state index is 13.5. The molecule has 1 fully saturated rings. The normalized spacial score (nSPS) is 20.7. The van der Waals surface area contributed by atoms with Gasteiger partial charge in [-0.1, -0.05) is 24.6 Å². The van der Waals surface area contributed by atoms with E-state index in [0.717, 1.165) is 44.4 Å². The first-order valence-electron chi connectivity index (χ1n) is 7.00. The van der Waals surface area contributed by atoms with Gasteiger partial charge in [-0.05, 0) is 49.9 Å². The van der Waals surface area contributed by atoms with E-state index in [2.05, 4.69) is 12.2 Å². The summed E-state index contributed by atoms with van der Waals surface area (Å²) in [5.74, 6) is -0.348. The summed E-state index contributed by atoms with van der Waals surface area (Å²) in [5, 5.41) is 3.58. The number of halogens is 2. The molecule has 2 atom stereocenters. The molecule has 0 aromatic heterocycles. The van der Waals surface area contributed by atoms with E-state index in [1.54, 1.807) is 6.07 Å². The van der Waals surface area contributed by atoms with E-state index in [1.165, 1.54) is 6.07 Å². The Balaban J connectivity index is 1.99. The van der Waals surface area contributed by atoms with E-state index in [0.29, 0.717) is 6.10 Å². The van der Waals surface area contributed by atoms with Crippen LogP contribution in [-0.2, 0) is 4.74 Å². The van der Waals surface area contributed by atoms with Crippen LogP contribution < -0.4 is 5.32 Å². The Labute approximate surface area is 119 Å². The minimum absolute atomic E-state index is 0.168. The van der Waals surface area contributed by atoms with E-state index in [9.17, 15) is 4.39 Å². The highest BCUT2D eigenvalue weighted by molar-refractivity contribution is 6.30. The maximum atomic E-state index is 13.5.